The molecule has 0 radical (unpaired) electrons. The number of carbonyl (C=O) groups excluding carboxylic acids is 1. The summed E-state index contributed by atoms with van der Waals surface area (Å²) in [5, 5.41) is -0.177. The minimum atomic E-state index is -4.50. The molecule has 0 saturated heterocycles. The molecule has 2 aromatic carbocycles. The summed E-state index contributed by atoms with van der Waals surface area (Å²) in [4.78, 5) is 16.2. The third-order valence-electron chi connectivity index (χ3n) is 3.95. The van der Waals surface area contributed by atoms with E-state index in [2.05, 4.69) is 8.51 Å². The smallest absolute Gasteiger partial charge is 0.416 e. The van der Waals surface area contributed by atoms with Gasteiger partial charge < -0.3 is 13.9 Å². The van der Waals surface area contributed by atoms with Gasteiger partial charge in [0, 0.05) is 5.56 Å². The summed E-state index contributed by atoms with van der Waals surface area (Å²) in [6.45, 7) is -0.0574. The molecule has 0 fully saturated rings. The summed E-state index contributed by atoms with van der Waals surface area (Å²) in [6.07, 6.45) is -3.09. The van der Waals surface area contributed by atoms with E-state index in [-0.39, 0.29) is 29.0 Å². The Morgan fingerprint density at radius 3 is 2.63 bits per heavy atom. The minimum absolute atomic E-state index is 0.0574. The molecule has 0 unspecified atom stereocenters. The molecule has 0 aliphatic heterocycles. The normalized spacial score (nSPS) is 11.3. The predicted molar refractivity (Wildman–Crippen MR) is 112 cm³/mol. The number of nitrogens with one attached hydrogen (secondary N) is 1. The second-order valence-electron chi connectivity index (χ2n) is 5.97. The molecule has 3 rings (SSSR count). The van der Waals surface area contributed by atoms with E-state index in [1.54, 1.807) is 18.2 Å². The fraction of sp³-hybridized carbons (Fsp3) is 0.158. The van der Waals surface area contributed by atoms with E-state index >= 15 is 0 Å². The van der Waals surface area contributed by atoms with E-state index in [9.17, 15) is 18.0 Å². The van der Waals surface area contributed by atoms with Crippen LogP contribution in [-0.2, 0) is 17.5 Å². The molecule has 3 aromatic rings. The number of aromatic nitrogens is 1. The fourth-order valence-electron chi connectivity index (χ4n) is 2.56. The number of nitrogens with zero attached hydrogens (tertiary/aromatic N) is 1. The Bertz CT molecular complexity index is 1070. The molecular weight excluding hydrogens is 540 g/mol. The molecule has 0 aliphatic carbocycles. The van der Waals surface area contributed by atoms with Crippen molar-refractivity contribution in [3.63, 3.8) is 0 Å². The first-order valence-corrected chi connectivity index (χ1v) is 9.71. The van der Waals surface area contributed by atoms with Crippen molar-refractivity contribution in [3.05, 3.63) is 64.4 Å². The molecular formula is C19H13ClF3IN2O4. The lowest BCUT2D eigenvalue weighted by molar-refractivity contribution is -0.137. The van der Waals surface area contributed by atoms with Crippen molar-refractivity contribution in [2.75, 3.05) is 10.6 Å². The topological polar surface area (TPSA) is 73.6 Å². The molecule has 0 bridgehead atoms. The highest BCUT2D eigenvalue weighted by Gasteiger charge is 2.31. The van der Waals surface area contributed by atoms with Crippen LogP contribution in [0, 0.1) is 0 Å². The second kappa shape index (κ2) is 9.13. The Balaban J connectivity index is 1.88. The average Bonchev–Trinajstić information content (AvgIpc) is 3.20. The minimum Gasteiger partial charge on any atom is -0.487 e. The number of benzene rings is 2. The van der Waals surface area contributed by atoms with Crippen molar-refractivity contribution in [1.82, 2.24) is 4.98 Å². The molecule has 30 heavy (non-hydrogen) atoms. The molecule has 0 atom stereocenters. The highest BCUT2D eigenvalue weighted by Crippen LogP contribution is 2.35. The molecule has 0 saturated carbocycles. The average molecular weight is 553 g/mol. The van der Waals surface area contributed by atoms with E-state index in [0.717, 1.165) is 18.2 Å². The molecule has 6 nitrogen and oxygen atoms in total. The van der Waals surface area contributed by atoms with E-state index in [1.165, 1.54) is 13.4 Å². The largest absolute Gasteiger partial charge is 0.487 e. The van der Waals surface area contributed by atoms with Gasteiger partial charge in [-0.3, -0.25) is 3.53 Å². The number of oxazole rings is 1. The second-order valence-corrected chi connectivity index (χ2v) is 6.92. The van der Waals surface area contributed by atoms with Crippen molar-refractivity contribution in [3.8, 4) is 17.0 Å². The summed E-state index contributed by atoms with van der Waals surface area (Å²) >= 11 is 7.79. The Morgan fingerprint density at radius 1 is 1.27 bits per heavy atom. The van der Waals surface area contributed by atoms with Gasteiger partial charge in [-0.2, -0.15) is 18.2 Å². The highest BCUT2D eigenvalue weighted by molar-refractivity contribution is 14.1. The zero-order chi connectivity index (χ0) is 21.9. The van der Waals surface area contributed by atoms with Crippen molar-refractivity contribution >= 4 is 46.4 Å². The first kappa shape index (κ1) is 22.2. The van der Waals surface area contributed by atoms with Crippen LogP contribution in [0.15, 0.2) is 47.1 Å². The molecule has 0 amide bonds. The van der Waals surface area contributed by atoms with E-state index in [1.807, 2.05) is 22.9 Å². The Hall–Kier alpha value is -2.47. The number of esters is 1. The predicted octanol–water partition coefficient (Wildman–Crippen LogP) is 6.14. The van der Waals surface area contributed by atoms with Gasteiger partial charge in [-0.15, -0.1) is 0 Å². The number of halogens is 5. The van der Waals surface area contributed by atoms with Crippen LogP contribution in [-0.4, -0.2) is 18.1 Å². The third-order valence-corrected chi connectivity index (χ3v) is 4.71. The quantitative estimate of drug-likeness (QED) is 0.225. The lowest BCUT2D eigenvalue weighted by Gasteiger charge is -2.12. The van der Waals surface area contributed by atoms with Gasteiger partial charge in [0.15, 0.2) is 0 Å². The summed E-state index contributed by atoms with van der Waals surface area (Å²) in [5.41, 5.74) is 0.959. The van der Waals surface area contributed by atoms with E-state index < -0.39 is 17.7 Å². The van der Waals surface area contributed by atoms with Crippen LogP contribution in [0.5, 0.6) is 5.75 Å². The van der Waals surface area contributed by atoms with Crippen molar-refractivity contribution in [2.24, 2.45) is 0 Å². The van der Waals surface area contributed by atoms with Crippen LogP contribution in [0.1, 0.15) is 21.5 Å². The van der Waals surface area contributed by atoms with Gasteiger partial charge in [0.25, 0.3) is 0 Å². The summed E-state index contributed by atoms with van der Waals surface area (Å²) < 4.78 is 56.6. The number of hydrogen-bond donors (Lipinski definition) is 1. The van der Waals surface area contributed by atoms with Gasteiger partial charge in [0.2, 0.25) is 0 Å². The van der Waals surface area contributed by atoms with Crippen LogP contribution < -0.4 is 8.27 Å². The molecule has 0 aliphatic rings. The van der Waals surface area contributed by atoms with E-state index in [0.29, 0.717) is 16.8 Å². The number of methoxy groups -OCH3 is 1. The molecule has 0 spiro atoms. The highest BCUT2D eigenvalue weighted by atomic mass is 127. The summed E-state index contributed by atoms with van der Waals surface area (Å²) in [7, 11) is 1.25. The summed E-state index contributed by atoms with van der Waals surface area (Å²) in [5.74, 6) is -0.492. The monoisotopic (exact) mass is 552 g/mol. The fourth-order valence-corrected chi connectivity index (χ4v) is 3.05. The first-order chi connectivity index (χ1) is 14.2. The van der Waals surface area contributed by atoms with Gasteiger partial charge in [0.05, 0.1) is 46.1 Å². The summed E-state index contributed by atoms with van der Waals surface area (Å²) in [6, 6.07) is 7.93. The van der Waals surface area contributed by atoms with Crippen LogP contribution in [0.25, 0.3) is 11.3 Å². The van der Waals surface area contributed by atoms with E-state index in [4.69, 9.17) is 25.5 Å². The molecule has 1 N–H and O–H groups in total. The maximum Gasteiger partial charge on any atom is 0.416 e. The number of ether oxygens (including phenoxy) is 2. The van der Waals surface area contributed by atoms with Crippen LogP contribution in [0.3, 0.4) is 0 Å². The van der Waals surface area contributed by atoms with Crippen LogP contribution >= 0.6 is 34.5 Å². The molecule has 1 heterocycles. The number of alkyl halides is 3. The Morgan fingerprint density at radius 2 is 2.03 bits per heavy atom. The lowest BCUT2D eigenvalue weighted by Crippen LogP contribution is -2.06. The Labute approximate surface area is 187 Å². The zero-order valence-corrected chi connectivity index (χ0v) is 18.1. The standard InChI is InChI=1S/C19H13ClF3IN2O4/c1-28-17(27)12-5-10(4-11(6-12)15-9-30-18(25-15)26-24)8-29-16-3-2-13(7-14(16)20)19(21,22)23/h2-7,9H,8H2,1H3,(H,25,26). The Kier molecular flexibility index (Phi) is 6.76. The molecule has 158 valence electrons. The van der Waals surface area contributed by atoms with Gasteiger partial charge in [-0.05, 0) is 42.0 Å². The maximum absolute atomic E-state index is 12.8. The third kappa shape index (κ3) is 5.17. The van der Waals surface area contributed by atoms with Gasteiger partial charge in [-0.1, -0.05) is 11.6 Å². The van der Waals surface area contributed by atoms with Crippen molar-refractivity contribution < 1.29 is 31.9 Å². The number of hydrogen-bond acceptors (Lipinski definition) is 6. The zero-order valence-electron chi connectivity index (χ0n) is 15.2. The SMILES string of the molecule is COC(=O)c1cc(COc2ccc(C(F)(F)F)cc2Cl)cc(-c2coc(NI)n2)c1. The van der Waals surface area contributed by atoms with Gasteiger partial charge >= 0.3 is 18.2 Å². The van der Waals surface area contributed by atoms with Crippen molar-refractivity contribution in [2.45, 2.75) is 12.8 Å². The number of anilines is 1. The van der Waals surface area contributed by atoms with Crippen LogP contribution in [0.4, 0.5) is 19.2 Å². The maximum atomic E-state index is 12.8. The van der Waals surface area contributed by atoms with Crippen molar-refractivity contribution in [1.29, 1.82) is 0 Å². The lowest BCUT2D eigenvalue weighted by atomic mass is 10.0. The van der Waals surface area contributed by atoms with Gasteiger partial charge in [-0.25, -0.2) is 4.79 Å². The first-order valence-electron chi connectivity index (χ1n) is 8.25. The van der Waals surface area contributed by atoms with Crippen LogP contribution in [0.2, 0.25) is 5.02 Å². The number of rotatable bonds is 6. The van der Waals surface area contributed by atoms with Gasteiger partial charge in [0.1, 0.15) is 24.3 Å². The molecule has 1 aromatic heterocycles. The number of carbonyl (C=O) groups is 1. The molecule has 11 heteroatoms.